The molecule has 0 fully saturated rings. The molecule has 0 spiro atoms. The number of hydrogen-bond acceptors (Lipinski definition) is 1. The molecule has 3 nitrogen and oxygen atoms in total. The van der Waals surface area contributed by atoms with Crippen molar-refractivity contribution < 1.29 is 9.69 Å². The normalized spacial score (nSPS) is 16.9. The fourth-order valence-electron chi connectivity index (χ4n) is 2.92. The van der Waals surface area contributed by atoms with Crippen molar-refractivity contribution in [3.8, 4) is 0 Å². The molecule has 3 rings (SSSR count). The quantitative estimate of drug-likeness (QED) is 0.892. The molecule has 1 atom stereocenters. The Morgan fingerprint density at radius 1 is 1.09 bits per heavy atom. The minimum Gasteiger partial charge on any atom is -0.330 e. The number of halogens is 1. The van der Waals surface area contributed by atoms with Gasteiger partial charge in [-0.3, -0.25) is 4.79 Å². The molecule has 2 N–H and O–H groups in total. The summed E-state index contributed by atoms with van der Waals surface area (Å²) in [5.74, 6) is 0.0273. The van der Waals surface area contributed by atoms with E-state index in [4.69, 9.17) is 11.6 Å². The number of carbonyl (C=O) groups is 1. The Morgan fingerprint density at radius 3 is 2.64 bits per heavy atom. The van der Waals surface area contributed by atoms with E-state index in [9.17, 15) is 4.79 Å². The molecular weight excluding hydrogens is 296 g/mol. The SMILES string of the molecule is O=C(CC[NH+]1CCc2ccccc2C1)Nc1ccccc1Cl. The van der Waals surface area contributed by atoms with Crippen molar-refractivity contribution in [2.24, 2.45) is 0 Å². The van der Waals surface area contributed by atoms with E-state index in [0.717, 1.165) is 26.1 Å². The second kappa shape index (κ2) is 6.95. The predicted octanol–water partition coefficient (Wildman–Crippen LogP) is 2.31. The van der Waals surface area contributed by atoms with E-state index in [1.165, 1.54) is 16.0 Å². The highest BCUT2D eigenvalue weighted by molar-refractivity contribution is 6.33. The maximum atomic E-state index is 12.1. The molecule has 1 unspecified atom stereocenters. The minimum atomic E-state index is 0.0273. The van der Waals surface area contributed by atoms with Crippen LogP contribution in [0.5, 0.6) is 0 Å². The van der Waals surface area contributed by atoms with Crippen LogP contribution in [0.25, 0.3) is 0 Å². The maximum Gasteiger partial charge on any atom is 0.230 e. The summed E-state index contributed by atoms with van der Waals surface area (Å²) in [7, 11) is 0. The van der Waals surface area contributed by atoms with E-state index < -0.39 is 0 Å². The largest absolute Gasteiger partial charge is 0.330 e. The molecule has 1 amide bonds. The Morgan fingerprint density at radius 2 is 1.82 bits per heavy atom. The zero-order chi connectivity index (χ0) is 15.4. The van der Waals surface area contributed by atoms with Crippen LogP contribution in [-0.4, -0.2) is 19.0 Å². The maximum absolute atomic E-state index is 12.1. The van der Waals surface area contributed by atoms with Gasteiger partial charge in [0.2, 0.25) is 5.91 Å². The molecule has 0 aliphatic carbocycles. The number of rotatable bonds is 4. The Labute approximate surface area is 135 Å². The molecule has 0 aromatic heterocycles. The standard InChI is InChI=1S/C18H19ClN2O/c19-16-7-3-4-8-17(16)20-18(22)10-12-21-11-9-14-5-1-2-6-15(14)13-21/h1-8H,9-13H2,(H,20,22)/p+1. The smallest absolute Gasteiger partial charge is 0.230 e. The molecule has 4 heteroatoms. The Hall–Kier alpha value is -1.84. The van der Waals surface area contributed by atoms with Gasteiger partial charge >= 0.3 is 0 Å². The van der Waals surface area contributed by atoms with Crippen molar-refractivity contribution >= 4 is 23.2 Å². The van der Waals surface area contributed by atoms with Gasteiger partial charge in [0.1, 0.15) is 6.54 Å². The first-order chi connectivity index (χ1) is 10.7. The van der Waals surface area contributed by atoms with Gasteiger partial charge in [0.25, 0.3) is 0 Å². The molecule has 22 heavy (non-hydrogen) atoms. The molecule has 2 aromatic rings. The van der Waals surface area contributed by atoms with Crippen LogP contribution >= 0.6 is 11.6 Å². The Kier molecular flexibility index (Phi) is 4.76. The predicted molar refractivity (Wildman–Crippen MR) is 89.2 cm³/mol. The zero-order valence-corrected chi connectivity index (χ0v) is 13.2. The first-order valence-corrected chi connectivity index (χ1v) is 8.05. The average Bonchev–Trinajstić information content (AvgIpc) is 2.55. The van der Waals surface area contributed by atoms with Crippen molar-refractivity contribution in [3.05, 3.63) is 64.7 Å². The molecule has 0 saturated carbocycles. The van der Waals surface area contributed by atoms with Crippen LogP contribution in [0.3, 0.4) is 0 Å². The van der Waals surface area contributed by atoms with Gasteiger partial charge in [-0.25, -0.2) is 0 Å². The summed E-state index contributed by atoms with van der Waals surface area (Å²) in [6.45, 7) is 2.95. The van der Waals surface area contributed by atoms with Gasteiger partial charge in [-0.15, -0.1) is 0 Å². The van der Waals surface area contributed by atoms with Crippen molar-refractivity contribution in [1.29, 1.82) is 0 Å². The molecule has 1 aliphatic heterocycles. The number of amides is 1. The summed E-state index contributed by atoms with van der Waals surface area (Å²) < 4.78 is 0. The lowest BCUT2D eigenvalue weighted by Crippen LogP contribution is -3.11. The summed E-state index contributed by atoms with van der Waals surface area (Å²) in [5.41, 5.74) is 3.55. The number of para-hydroxylation sites is 1. The molecule has 114 valence electrons. The van der Waals surface area contributed by atoms with Gasteiger partial charge in [0, 0.05) is 12.0 Å². The molecule has 2 aromatic carbocycles. The average molecular weight is 316 g/mol. The van der Waals surface area contributed by atoms with Crippen LogP contribution in [-0.2, 0) is 17.8 Å². The topological polar surface area (TPSA) is 33.5 Å². The summed E-state index contributed by atoms with van der Waals surface area (Å²) in [4.78, 5) is 13.5. The highest BCUT2D eigenvalue weighted by Crippen LogP contribution is 2.20. The van der Waals surface area contributed by atoms with Crippen LogP contribution < -0.4 is 10.2 Å². The lowest BCUT2D eigenvalue weighted by molar-refractivity contribution is -0.915. The van der Waals surface area contributed by atoms with Crippen LogP contribution in [0.4, 0.5) is 5.69 Å². The van der Waals surface area contributed by atoms with E-state index in [1.807, 2.05) is 18.2 Å². The number of hydrogen-bond donors (Lipinski definition) is 2. The third-order valence-electron chi connectivity index (χ3n) is 4.16. The Bertz CT molecular complexity index is 672. The summed E-state index contributed by atoms with van der Waals surface area (Å²) in [6.07, 6.45) is 1.61. The van der Waals surface area contributed by atoms with Crippen molar-refractivity contribution in [3.63, 3.8) is 0 Å². The van der Waals surface area contributed by atoms with Crippen molar-refractivity contribution in [1.82, 2.24) is 0 Å². The van der Waals surface area contributed by atoms with Crippen LogP contribution in [0.2, 0.25) is 5.02 Å². The zero-order valence-electron chi connectivity index (χ0n) is 12.4. The fourth-order valence-corrected chi connectivity index (χ4v) is 3.10. The number of nitrogens with one attached hydrogen (secondary N) is 2. The lowest BCUT2D eigenvalue weighted by Gasteiger charge is -2.25. The number of fused-ring (bicyclic) bond motifs is 1. The van der Waals surface area contributed by atoms with E-state index in [1.54, 1.807) is 6.07 Å². The number of carbonyl (C=O) groups excluding carboxylic acids is 1. The van der Waals surface area contributed by atoms with Crippen LogP contribution in [0.15, 0.2) is 48.5 Å². The van der Waals surface area contributed by atoms with Gasteiger partial charge in [-0.05, 0) is 17.7 Å². The summed E-state index contributed by atoms with van der Waals surface area (Å²) in [5, 5.41) is 3.46. The molecule has 0 radical (unpaired) electrons. The van der Waals surface area contributed by atoms with Gasteiger partial charge in [-0.1, -0.05) is 48.0 Å². The third kappa shape index (κ3) is 3.67. The monoisotopic (exact) mass is 315 g/mol. The third-order valence-corrected chi connectivity index (χ3v) is 4.49. The molecule has 1 aliphatic rings. The van der Waals surface area contributed by atoms with Gasteiger partial charge in [0.05, 0.1) is 30.2 Å². The first kappa shape index (κ1) is 15.1. The molecule has 1 heterocycles. The van der Waals surface area contributed by atoms with Crippen molar-refractivity contribution in [2.75, 3.05) is 18.4 Å². The van der Waals surface area contributed by atoms with Crippen LogP contribution in [0.1, 0.15) is 17.5 Å². The highest BCUT2D eigenvalue weighted by atomic mass is 35.5. The van der Waals surface area contributed by atoms with E-state index in [2.05, 4.69) is 29.6 Å². The van der Waals surface area contributed by atoms with Crippen molar-refractivity contribution in [2.45, 2.75) is 19.4 Å². The van der Waals surface area contributed by atoms with E-state index >= 15 is 0 Å². The molecular formula is C18H20ClN2O+. The fraction of sp³-hybridized carbons (Fsp3) is 0.278. The van der Waals surface area contributed by atoms with Gasteiger partial charge in [0.15, 0.2) is 0 Å². The van der Waals surface area contributed by atoms with Gasteiger partial charge in [-0.2, -0.15) is 0 Å². The summed E-state index contributed by atoms with van der Waals surface area (Å²) >= 11 is 6.05. The van der Waals surface area contributed by atoms with Gasteiger partial charge < -0.3 is 10.2 Å². The number of quaternary nitrogens is 1. The second-order valence-electron chi connectivity index (χ2n) is 5.72. The number of anilines is 1. The lowest BCUT2D eigenvalue weighted by atomic mass is 10.00. The van der Waals surface area contributed by atoms with Crippen LogP contribution in [0, 0.1) is 0 Å². The highest BCUT2D eigenvalue weighted by Gasteiger charge is 2.19. The minimum absolute atomic E-state index is 0.0273. The molecule has 0 saturated heterocycles. The Balaban J connectivity index is 1.51. The van der Waals surface area contributed by atoms with E-state index in [-0.39, 0.29) is 5.91 Å². The first-order valence-electron chi connectivity index (χ1n) is 7.67. The number of benzene rings is 2. The van der Waals surface area contributed by atoms with E-state index in [0.29, 0.717) is 17.1 Å². The second-order valence-corrected chi connectivity index (χ2v) is 6.13. The summed E-state index contributed by atoms with van der Waals surface area (Å²) in [6, 6.07) is 15.9. The molecule has 0 bridgehead atoms.